The quantitative estimate of drug-likeness (QED) is 0.0932. The molecular formula is C34H54NO3+. The molecule has 0 amide bonds. The summed E-state index contributed by atoms with van der Waals surface area (Å²) in [4.78, 5) is 12.9. The molecule has 0 heterocycles. The maximum Gasteiger partial charge on any atom is 0.365 e. The van der Waals surface area contributed by atoms with Gasteiger partial charge >= 0.3 is 5.97 Å². The van der Waals surface area contributed by atoms with Crippen LogP contribution in [0.25, 0.3) is 0 Å². The number of rotatable bonds is 21. The van der Waals surface area contributed by atoms with Crippen molar-refractivity contribution in [2.45, 2.75) is 110 Å². The second-order valence-electron chi connectivity index (χ2n) is 11.3. The summed E-state index contributed by atoms with van der Waals surface area (Å²) >= 11 is 0. The number of carbonyl (C=O) groups excluding carboxylic acids is 1. The van der Waals surface area contributed by atoms with E-state index in [0.717, 1.165) is 25.1 Å². The number of aryl methyl sites for hydroxylation is 1. The molecule has 0 saturated carbocycles. The number of hydrogen-bond donors (Lipinski definition) is 0. The number of para-hydroxylation sites is 1. The normalized spacial score (nSPS) is 12.3. The van der Waals surface area contributed by atoms with Crippen LogP contribution in [0.5, 0.6) is 5.75 Å². The Morgan fingerprint density at radius 3 is 1.95 bits per heavy atom. The van der Waals surface area contributed by atoms with Crippen LogP contribution in [0.1, 0.15) is 102 Å². The van der Waals surface area contributed by atoms with Crippen molar-refractivity contribution in [3.63, 3.8) is 0 Å². The summed E-state index contributed by atoms with van der Waals surface area (Å²) in [5.41, 5.74) is 2.48. The predicted octanol–water partition coefficient (Wildman–Crippen LogP) is 8.52. The maximum absolute atomic E-state index is 12.9. The molecule has 1 unspecified atom stereocenters. The van der Waals surface area contributed by atoms with Gasteiger partial charge < -0.3 is 14.0 Å². The minimum absolute atomic E-state index is 0.147. The van der Waals surface area contributed by atoms with Crippen LogP contribution in [-0.2, 0) is 22.5 Å². The van der Waals surface area contributed by atoms with E-state index in [2.05, 4.69) is 52.2 Å². The highest BCUT2D eigenvalue weighted by atomic mass is 16.6. The average molecular weight is 525 g/mol. The molecule has 0 aliphatic heterocycles. The monoisotopic (exact) mass is 524 g/mol. The first kappa shape index (κ1) is 31.9. The second kappa shape index (κ2) is 18.8. The molecular weight excluding hydrogens is 470 g/mol. The third kappa shape index (κ3) is 12.5. The Hall–Kier alpha value is -2.33. The summed E-state index contributed by atoms with van der Waals surface area (Å²) in [6.45, 7) is 5.77. The molecule has 212 valence electrons. The lowest BCUT2D eigenvalue weighted by molar-refractivity contribution is -0.919. The number of esters is 1. The van der Waals surface area contributed by atoms with E-state index >= 15 is 0 Å². The van der Waals surface area contributed by atoms with Crippen molar-refractivity contribution in [1.29, 1.82) is 0 Å². The van der Waals surface area contributed by atoms with Gasteiger partial charge in [0.05, 0.1) is 14.1 Å². The van der Waals surface area contributed by atoms with Gasteiger partial charge in [0.2, 0.25) is 0 Å². The van der Waals surface area contributed by atoms with E-state index in [1.165, 1.54) is 81.8 Å². The molecule has 0 N–H and O–H groups in total. The lowest BCUT2D eigenvalue weighted by Gasteiger charge is -2.36. The zero-order valence-corrected chi connectivity index (χ0v) is 24.8. The van der Waals surface area contributed by atoms with E-state index in [-0.39, 0.29) is 18.6 Å². The van der Waals surface area contributed by atoms with Crippen LogP contribution in [-0.4, -0.2) is 43.8 Å². The fraction of sp³-hybridized carbons (Fsp3) is 0.618. The van der Waals surface area contributed by atoms with E-state index in [0.29, 0.717) is 11.1 Å². The Labute approximate surface area is 233 Å². The fourth-order valence-electron chi connectivity index (χ4n) is 5.33. The summed E-state index contributed by atoms with van der Waals surface area (Å²) in [5.74, 6) is 0.772. The van der Waals surface area contributed by atoms with Crippen LogP contribution in [0.2, 0.25) is 0 Å². The second-order valence-corrected chi connectivity index (χ2v) is 11.3. The molecule has 0 aromatic heterocycles. The van der Waals surface area contributed by atoms with Crippen LogP contribution in [0.4, 0.5) is 0 Å². The fourth-order valence-corrected chi connectivity index (χ4v) is 5.33. The van der Waals surface area contributed by atoms with Gasteiger partial charge in [-0.05, 0) is 24.5 Å². The first-order valence-corrected chi connectivity index (χ1v) is 15.2. The van der Waals surface area contributed by atoms with Gasteiger partial charge in [-0.15, -0.1) is 0 Å². The van der Waals surface area contributed by atoms with E-state index in [1.807, 2.05) is 30.3 Å². The first-order valence-electron chi connectivity index (χ1n) is 15.2. The highest BCUT2D eigenvalue weighted by Gasteiger charge is 2.34. The van der Waals surface area contributed by atoms with Gasteiger partial charge in [0.15, 0.2) is 6.04 Å². The highest BCUT2D eigenvalue weighted by Crippen LogP contribution is 2.22. The van der Waals surface area contributed by atoms with Crippen LogP contribution < -0.4 is 4.74 Å². The van der Waals surface area contributed by atoms with Crippen molar-refractivity contribution < 1.29 is 18.8 Å². The first-order chi connectivity index (χ1) is 18.5. The summed E-state index contributed by atoms with van der Waals surface area (Å²) in [6.07, 6.45) is 16.6. The molecule has 2 aromatic carbocycles. The van der Waals surface area contributed by atoms with Crippen LogP contribution >= 0.6 is 0 Å². The average Bonchev–Trinajstić information content (AvgIpc) is 2.91. The number of nitrogens with zero attached hydrogens (tertiary/aromatic N) is 1. The van der Waals surface area contributed by atoms with Gasteiger partial charge in [-0.25, -0.2) is 4.79 Å². The number of ether oxygens (including phenoxy) is 2. The zero-order valence-electron chi connectivity index (χ0n) is 24.8. The number of hydrogen-bond acceptors (Lipinski definition) is 3. The van der Waals surface area contributed by atoms with Crippen LogP contribution in [0.15, 0.2) is 54.6 Å². The summed E-state index contributed by atoms with van der Waals surface area (Å²) in [6, 6.07) is 18.4. The van der Waals surface area contributed by atoms with Gasteiger partial charge in [-0.2, -0.15) is 0 Å². The molecule has 38 heavy (non-hydrogen) atoms. The lowest BCUT2D eigenvalue weighted by Crippen LogP contribution is -2.52. The molecule has 0 radical (unpaired) electrons. The molecule has 4 heteroatoms. The topological polar surface area (TPSA) is 35.5 Å². The molecule has 0 spiro atoms. The minimum Gasteiger partial charge on any atom is -0.490 e. The van der Waals surface area contributed by atoms with E-state index in [9.17, 15) is 4.79 Å². The van der Waals surface area contributed by atoms with Crippen LogP contribution in [0, 0.1) is 0 Å². The Bertz CT molecular complexity index is 880. The Balaban J connectivity index is 1.66. The molecule has 4 nitrogen and oxygen atoms in total. The van der Waals surface area contributed by atoms with Crippen molar-refractivity contribution in [3.05, 3.63) is 65.7 Å². The summed E-state index contributed by atoms with van der Waals surface area (Å²) < 4.78 is 12.3. The molecule has 2 aromatic rings. The molecule has 0 bridgehead atoms. The van der Waals surface area contributed by atoms with Crippen molar-refractivity contribution >= 4 is 5.97 Å². The summed E-state index contributed by atoms with van der Waals surface area (Å²) in [7, 11) is 4.20. The number of unbranched alkanes of at least 4 members (excludes halogenated alkanes) is 10. The van der Waals surface area contributed by atoms with E-state index < -0.39 is 0 Å². The van der Waals surface area contributed by atoms with Crippen molar-refractivity contribution in [2.24, 2.45) is 0 Å². The van der Waals surface area contributed by atoms with Gasteiger partial charge in [-0.3, -0.25) is 0 Å². The SMILES string of the molecule is CCCCCCCCCCCCCc1ccccc1OCCOC(=O)C(CC)[N+](C)(C)Cc1ccccc1. The van der Waals surface area contributed by atoms with E-state index in [4.69, 9.17) is 9.47 Å². The van der Waals surface area contributed by atoms with Gasteiger partial charge in [0.25, 0.3) is 0 Å². The van der Waals surface area contributed by atoms with Gasteiger partial charge in [0, 0.05) is 12.0 Å². The third-order valence-corrected chi connectivity index (χ3v) is 7.54. The highest BCUT2D eigenvalue weighted by molar-refractivity contribution is 5.74. The lowest BCUT2D eigenvalue weighted by atomic mass is 10.0. The Morgan fingerprint density at radius 1 is 0.737 bits per heavy atom. The van der Waals surface area contributed by atoms with E-state index in [1.54, 1.807) is 0 Å². The molecule has 0 aliphatic carbocycles. The van der Waals surface area contributed by atoms with Crippen LogP contribution in [0.3, 0.4) is 0 Å². The zero-order chi connectivity index (χ0) is 27.5. The molecule has 1 atom stereocenters. The number of carbonyl (C=O) groups is 1. The number of quaternary nitrogens is 1. The maximum atomic E-state index is 12.9. The molecule has 0 aliphatic rings. The predicted molar refractivity (Wildman–Crippen MR) is 159 cm³/mol. The number of likely N-dealkylation sites (N-methyl/N-ethyl adjacent to an activating group) is 1. The Morgan fingerprint density at radius 2 is 1.32 bits per heavy atom. The van der Waals surface area contributed by atoms with Crippen molar-refractivity contribution in [1.82, 2.24) is 0 Å². The number of benzene rings is 2. The largest absolute Gasteiger partial charge is 0.490 e. The van der Waals surface area contributed by atoms with Crippen molar-refractivity contribution in [2.75, 3.05) is 27.3 Å². The van der Waals surface area contributed by atoms with Gasteiger partial charge in [0.1, 0.15) is 25.5 Å². The van der Waals surface area contributed by atoms with Crippen molar-refractivity contribution in [3.8, 4) is 5.75 Å². The third-order valence-electron chi connectivity index (χ3n) is 7.54. The Kier molecular flexibility index (Phi) is 15.8. The smallest absolute Gasteiger partial charge is 0.365 e. The minimum atomic E-state index is -0.205. The molecule has 0 saturated heterocycles. The van der Waals surface area contributed by atoms with Gasteiger partial charge in [-0.1, -0.05) is 127 Å². The molecule has 0 fully saturated rings. The summed E-state index contributed by atoms with van der Waals surface area (Å²) in [5, 5.41) is 0. The molecule has 2 rings (SSSR count). The standard InChI is InChI=1S/C34H54NO3/c1-5-7-8-9-10-11-12-13-14-15-19-24-31-25-20-21-26-33(31)37-27-28-38-34(36)32(6-2)35(3,4)29-30-22-17-16-18-23-30/h16-18,20-23,25-26,32H,5-15,19,24,27-29H2,1-4H3/q+1.